The molecule has 1 amide bonds. The van der Waals surface area contributed by atoms with E-state index >= 15 is 0 Å². The summed E-state index contributed by atoms with van der Waals surface area (Å²) in [5, 5.41) is 4.50. The fraction of sp³-hybridized carbons (Fsp3) is 0.647. The number of hydrogen-bond acceptors (Lipinski definition) is 6. The predicted molar refractivity (Wildman–Crippen MR) is 99.3 cm³/mol. The van der Waals surface area contributed by atoms with Crippen molar-refractivity contribution in [1.82, 2.24) is 9.62 Å². The zero-order chi connectivity index (χ0) is 19.2. The Hall–Kier alpha value is -1.45. The van der Waals surface area contributed by atoms with Crippen molar-refractivity contribution in [1.29, 1.82) is 0 Å². The molecule has 2 heterocycles. The number of ether oxygens (including phenoxy) is 1. The highest BCUT2D eigenvalue weighted by atomic mass is 32.2. The number of nitrogens with one attached hydrogen (secondary N) is 1. The third-order valence-electron chi connectivity index (χ3n) is 4.35. The van der Waals surface area contributed by atoms with Gasteiger partial charge in [0.25, 0.3) is 15.9 Å². The van der Waals surface area contributed by atoms with Gasteiger partial charge in [0.05, 0.1) is 5.92 Å². The average Bonchev–Trinajstić information content (AvgIpc) is 3.15. The van der Waals surface area contributed by atoms with E-state index in [1.165, 1.54) is 15.6 Å². The normalized spacial score (nSPS) is 17.6. The number of carbonyl (C=O) groups excluding carboxylic acids is 2. The molecule has 1 aromatic rings. The van der Waals surface area contributed by atoms with E-state index in [0.29, 0.717) is 17.1 Å². The molecule has 1 aromatic heterocycles. The number of nitrogens with zero attached hydrogens (tertiary/aromatic N) is 1. The molecule has 26 heavy (non-hydrogen) atoms. The lowest BCUT2D eigenvalue weighted by molar-refractivity contribution is -0.153. The first kappa shape index (κ1) is 20.9. The molecule has 1 aliphatic rings. The van der Waals surface area contributed by atoms with Crippen molar-refractivity contribution in [2.75, 3.05) is 19.7 Å². The van der Waals surface area contributed by atoms with Crippen LogP contribution in [-0.4, -0.2) is 50.3 Å². The van der Waals surface area contributed by atoms with Crippen LogP contribution in [0.2, 0.25) is 0 Å². The van der Waals surface area contributed by atoms with Gasteiger partial charge < -0.3 is 10.1 Å². The highest BCUT2D eigenvalue weighted by Crippen LogP contribution is 2.26. The van der Waals surface area contributed by atoms with Crippen LogP contribution in [0.15, 0.2) is 21.7 Å². The van der Waals surface area contributed by atoms with Gasteiger partial charge in [-0.25, -0.2) is 8.42 Å². The predicted octanol–water partition coefficient (Wildman–Crippen LogP) is 2.00. The summed E-state index contributed by atoms with van der Waals surface area (Å²) in [6, 6.07) is 3.34. The van der Waals surface area contributed by atoms with Crippen LogP contribution in [0.4, 0.5) is 0 Å². The van der Waals surface area contributed by atoms with Gasteiger partial charge in [0.2, 0.25) is 0 Å². The lowest BCUT2D eigenvalue weighted by Crippen LogP contribution is -2.41. The smallest absolute Gasteiger partial charge is 0.309 e. The van der Waals surface area contributed by atoms with Crippen molar-refractivity contribution in [2.24, 2.45) is 5.92 Å². The summed E-state index contributed by atoms with van der Waals surface area (Å²) in [5.74, 6) is -1.11. The van der Waals surface area contributed by atoms with E-state index in [-0.39, 0.29) is 37.6 Å². The van der Waals surface area contributed by atoms with E-state index in [0.717, 1.165) is 12.8 Å². The summed E-state index contributed by atoms with van der Waals surface area (Å²) in [5.41, 5.74) is 0. The quantitative estimate of drug-likeness (QED) is 0.672. The average molecular weight is 403 g/mol. The standard InChI is InChI=1S/C17H26N2O5S2/c1-3-5-13(2)18-15(20)12-24-17(21)14-7-9-19(10-8-14)26(22,23)16-6-4-11-25-16/h4,6,11,13-14H,3,5,7-10,12H2,1-2H3,(H,18,20)/t13-/m1/s1. The number of sulfonamides is 1. The topological polar surface area (TPSA) is 92.8 Å². The van der Waals surface area contributed by atoms with Gasteiger partial charge >= 0.3 is 5.97 Å². The molecular weight excluding hydrogens is 376 g/mol. The number of thiophene rings is 1. The summed E-state index contributed by atoms with van der Waals surface area (Å²) < 4.78 is 31.7. The SMILES string of the molecule is CCC[C@@H](C)NC(=O)COC(=O)C1CCN(S(=O)(=O)c2cccs2)CC1. The number of esters is 1. The highest BCUT2D eigenvalue weighted by Gasteiger charge is 2.33. The molecule has 1 saturated heterocycles. The highest BCUT2D eigenvalue weighted by molar-refractivity contribution is 7.91. The van der Waals surface area contributed by atoms with Crippen molar-refractivity contribution in [3.8, 4) is 0 Å². The van der Waals surface area contributed by atoms with Crippen LogP contribution in [0.3, 0.4) is 0 Å². The van der Waals surface area contributed by atoms with Crippen LogP contribution < -0.4 is 5.32 Å². The molecule has 9 heteroatoms. The Morgan fingerprint density at radius 3 is 2.65 bits per heavy atom. The molecule has 0 saturated carbocycles. The molecule has 0 bridgehead atoms. The first-order chi connectivity index (χ1) is 12.3. The molecule has 0 aromatic carbocycles. The van der Waals surface area contributed by atoms with Gasteiger partial charge in [0.1, 0.15) is 4.21 Å². The molecule has 2 rings (SSSR count). The molecule has 0 radical (unpaired) electrons. The lowest BCUT2D eigenvalue weighted by atomic mass is 9.98. The Morgan fingerprint density at radius 1 is 1.38 bits per heavy atom. The van der Waals surface area contributed by atoms with Crippen molar-refractivity contribution in [2.45, 2.75) is 49.8 Å². The number of piperidine rings is 1. The maximum Gasteiger partial charge on any atom is 0.309 e. The minimum absolute atomic E-state index is 0.0527. The van der Waals surface area contributed by atoms with E-state index < -0.39 is 16.0 Å². The molecule has 1 aliphatic heterocycles. The number of hydrogen-bond donors (Lipinski definition) is 1. The Morgan fingerprint density at radius 2 is 2.08 bits per heavy atom. The van der Waals surface area contributed by atoms with Crippen LogP contribution in [-0.2, 0) is 24.3 Å². The summed E-state index contributed by atoms with van der Waals surface area (Å²) >= 11 is 1.18. The van der Waals surface area contributed by atoms with E-state index in [1.54, 1.807) is 17.5 Å². The van der Waals surface area contributed by atoms with Crippen molar-refractivity contribution < 1.29 is 22.7 Å². The maximum absolute atomic E-state index is 12.5. The minimum Gasteiger partial charge on any atom is -0.455 e. The van der Waals surface area contributed by atoms with E-state index in [1.807, 2.05) is 13.8 Å². The third-order valence-corrected chi connectivity index (χ3v) is 7.62. The van der Waals surface area contributed by atoms with Crippen molar-refractivity contribution >= 4 is 33.2 Å². The van der Waals surface area contributed by atoms with Crippen LogP contribution >= 0.6 is 11.3 Å². The van der Waals surface area contributed by atoms with Crippen LogP contribution in [0.1, 0.15) is 39.5 Å². The Labute approximate surface area is 158 Å². The van der Waals surface area contributed by atoms with Crippen molar-refractivity contribution in [3.05, 3.63) is 17.5 Å². The second kappa shape index (κ2) is 9.48. The minimum atomic E-state index is -3.48. The van der Waals surface area contributed by atoms with Gasteiger partial charge in [-0.15, -0.1) is 11.3 Å². The zero-order valence-corrected chi connectivity index (χ0v) is 16.8. The summed E-state index contributed by atoms with van der Waals surface area (Å²) in [6.45, 7) is 4.21. The van der Waals surface area contributed by atoms with Gasteiger partial charge in [-0.2, -0.15) is 4.31 Å². The molecule has 1 atom stereocenters. The monoisotopic (exact) mass is 402 g/mol. The molecule has 0 spiro atoms. The Balaban J connectivity index is 1.77. The molecule has 146 valence electrons. The molecule has 7 nitrogen and oxygen atoms in total. The van der Waals surface area contributed by atoms with Crippen LogP contribution in [0.5, 0.6) is 0 Å². The summed E-state index contributed by atoms with van der Waals surface area (Å²) in [4.78, 5) is 23.9. The second-order valence-corrected chi connectivity index (χ2v) is 9.59. The first-order valence-electron chi connectivity index (χ1n) is 8.84. The molecule has 0 aliphatic carbocycles. The number of carbonyl (C=O) groups is 2. The Kier molecular flexibility index (Phi) is 7.60. The summed E-state index contributed by atoms with van der Waals surface area (Å²) in [6.07, 6.45) is 2.64. The third kappa shape index (κ3) is 5.52. The van der Waals surface area contributed by atoms with Crippen LogP contribution in [0.25, 0.3) is 0 Å². The van der Waals surface area contributed by atoms with Gasteiger partial charge in [0.15, 0.2) is 6.61 Å². The van der Waals surface area contributed by atoms with Gasteiger partial charge in [-0.3, -0.25) is 9.59 Å². The molecule has 1 fully saturated rings. The molecule has 1 N–H and O–H groups in total. The second-order valence-electron chi connectivity index (χ2n) is 6.48. The molecular formula is C17H26N2O5S2. The van der Waals surface area contributed by atoms with Crippen molar-refractivity contribution in [3.63, 3.8) is 0 Å². The van der Waals surface area contributed by atoms with Crippen LogP contribution in [0, 0.1) is 5.92 Å². The maximum atomic E-state index is 12.5. The number of amides is 1. The lowest BCUT2D eigenvalue weighted by Gasteiger charge is -2.29. The fourth-order valence-electron chi connectivity index (χ4n) is 2.95. The van der Waals surface area contributed by atoms with Gasteiger partial charge in [0, 0.05) is 19.1 Å². The van der Waals surface area contributed by atoms with E-state index in [9.17, 15) is 18.0 Å². The fourth-order valence-corrected chi connectivity index (χ4v) is 5.56. The zero-order valence-electron chi connectivity index (χ0n) is 15.1. The largest absolute Gasteiger partial charge is 0.455 e. The van der Waals surface area contributed by atoms with Gasteiger partial charge in [-0.05, 0) is 37.6 Å². The number of rotatable bonds is 8. The summed E-state index contributed by atoms with van der Waals surface area (Å²) in [7, 11) is -3.48. The first-order valence-corrected chi connectivity index (χ1v) is 11.2. The molecule has 0 unspecified atom stereocenters. The van der Waals surface area contributed by atoms with Gasteiger partial charge in [-0.1, -0.05) is 19.4 Å². The van der Waals surface area contributed by atoms with E-state index in [4.69, 9.17) is 4.74 Å². The Bertz CT molecular complexity index is 695. The van der Waals surface area contributed by atoms with E-state index in [2.05, 4.69) is 5.32 Å².